The minimum Gasteiger partial charge on any atom is -0.292 e. The van der Waals surface area contributed by atoms with Gasteiger partial charge in [0.25, 0.3) is 0 Å². The van der Waals surface area contributed by atoms with E-state index in [-0.39, 0.29) is 0 Å². The molecule has 3 aromatic heterocycles. The lowest BCUT2D eigenvalue weighted by Crippen LogP contribution is -2.25. The van der Waals surface area contributed by atoms with E-state index in [0.29, 0.717) is 0 Å². The Bertz CT molecular complexity index is 3410. The van der Waals surface area contributed by atoms with Gasteiger partial charge in [-0.2, -0.15) is 0 Å². The van der Waals surface area contributed by atoms with Crippen molar-refractivity contribution in [1.82, 2.24) is 14.5 Å². The van der Waals surface area contributed by atoms with Crippen LogP contribution in [0.25, 0.3) is 92.3 Å². The minimum atomic E-state index is -0.439. The number of hydrogen-bond acceptors (Lipinski definition) is 3. The standard InChI is InChI=1S/C51H29N3S/c1-2-15-31-29-44-38(28-30(31)14-1)34-18-6-11-26-43(34)54(44)50-48-47(36-20-7-12-27-45(36)55-48)52-49(53-50)37-21-13-25-42-46(37)35-19-5-10-24-41(35)51(42)39-22-8-3-16-32(39)33-17-4-9-23-40(33)51/h1-29H. The average molecular weight is 716 g/mol. The Morgan fingerprint density at radius 2 is 1.02 bits per heavy atom. The van der Waals surface area contributed by atoms with Crippen molar-refractivity contribution in [2.45, 2.75) is 5.41 Å². The molecule has 2 aliphatic rings. The smallest absolute Gasteiger partial charge is 0.162 e. The van der Waals surface area contributed by atoms with Crippen LogP contribution in [0.2, 0.25) is 0 Å². The maximum atomic E-state index is 5.71. The first-order valence-electron chi connectivity index (χ1n) is 18.8. The minimum absolute atomic E-state index is 0.439. The quantitative estimate of drug-likeness (QED) is 0.178. The van der Waals surface area contributed by atoms with E-state index < -0.39 is 5.41 Å². The number of rotatable bonds is 2. The normalized spacial score (nSPS) is 13.6. The van der Waals surface area contributed by atoms with Crippen molar-refractivity contribution in [2.24, 2.45) is 0 Å². The van der Waals surface area contributed by atoms with Gasteiger partial charge in [0.05, 0.1) is 26.7 Å². The Kier molecular flexibility index (Phi) is 5.71. The lowest BCUT2D eigenvalue weighted by Gasteiger charge is -2.30. The summed E-state index contributed by atoms with van der Waals surface area (Å²) in [4.78, 5) is 11.3. The van der Waals surface area contributed by atoms with Crippen LogP contribution in [0.3, 0.4) is 0 Å². The zero-order valence-electron chi connectivity index (χ0n) is 29.5. The first-order chi connectivity index (χ1) is 27.3. The van der Waals surface area contributed by atoms with E-state index in [1.807, 2.05) is 0 Å². The van der Waals surface area contributed by atoms with Crippen LogP contribution in [0.15, 0.2) is 176 Å². The summed E-state index contributed by atoms with van der Waals surface area (Å²) in [6, 6.07) is 64.5. The molecule has 0 fully saturated rings. The Hall–Kier alpha value is -6.88. The van der Waals surface area contributed by atoms with Gasteiger partial charge >= 0.3 is 0 Å². The zero-order valence-corrected chi connectivity index (χ0v) is 30.3. The molecule has 2 aliphatic carbocycles. The molecule has 0 saturated carbocycles. The third-order valence-corrected chi connectivity index (χ3v) is 13.4. The molecule has 0 N–H and O–H groups in total. The molecule has 8 aromatic carbocycles. The van der Waals surface area contributed by atoms with Crippen molar-refractivity contribution in [3.05, 3.63) is 198 Å². The molecule has 3 heterocycles. The molecular weight excluding hydrogens is 687 g/mol. The highest BCUT2D eigenvalue weighted by Gasteiger charge is 2.52. The average Bonchev–Trinajstić information content (AvgIpc) is 3.96. The fraction of sp³-hybridized carbons (Fsp3) is 0.0196. The van der Waals surface area contributed by atoms with Crippen LogP contribution in [0.4, 0.5) is 0 Å². The Morgan fingerprint density at radius 1 is 0.436 bits per heavy atom. The molecular formula is C51H29N3S. The summed E-state index contributed by atoms with van der Waals surface area (Å²) in [6.45, 7) is 0. The molecule has 4 heteroatoms. The van der Waals surface area contributed by atoms with Gasteiger partial charge in [-0.1, -0.05) is 152 Å². The highest BCUT2D eigenvalue weighted by atomic mass is 32.1. The largest absolute Gasteiger partial charge is 0.292 e. The molecule has 254 valence electrons. The second-order valence-corrected chi connectivity index (χ2v) is 15.9. The second-order valence-electron chi connectivity index (χ2n) is 14.8. The lowest BCUT2D eigenvalue weighted by molar-refractivity contribution is 0.794. The van der Waals surface area contributed by atoms with E-state index in [4.69, 9.17) is 9.97 Å². The Balaban J connectivity index is 1.17. The molecule has 3 nitrogen and oxygen atoms in total. The topological polar surface area (TPSA) is 30.7 Å². The molecule has 0 bridgehead atoms. The number of fused-ring (bicyclic) bond motifs is 17. The van der Waals surface area contributed by atoms with E-state index in [1.165, 1.54) is 70.8 Å². The molecule has 0 unspecified atom stereocenters. The Morgan fingerprint density at radius 3 is 1.80 bits per heavy atom. The van der Waals surface area contributed by atoms with E-state index in [2.05, 4.69) is 180 Å². The van der Waals surface area contributed by atoms with Gasteiger partial charge in [-0.05, 0) is 79.5 Å². The van der Waals surface area contributed by atoms with Crippen molar-refractivity contribution < 1.29 is 0 Å². The van der Waals surface area contributed by atoms with Gasteiger partial charge in [0.1, 0.15) is 0 Å². The van der Waals surface area contributed by atoms with E-state index in [1.54, 1.807) is 11.3 Å². The van der Waals surface area contributed by atoms with Crippen molar-refractivity contribution >= 4 is 64.2 Å². The maximum Gasteiger partial charge on any atom is 0.162 e. The van der Waals surface area contributed by atoms with E-state index in [9.17, 15) is 0 Å². The van der Waals surface area contributed by atoms with E-state index >= 15 is 0 Å². The van der Waals surface area contributed by atoms with Crippen LogP contribution < -0.4 is 0 Å². The van der Waals surface area contributed by atoms with Crippen molar-refractivity contribution in [2.75, 3.05) is 0 Å². The summed E-state index contributed by atoms with van der Waals surface area (Å²) in [7, 11) is 0. The third kappa shape index (κ3) is 3.70. The van der Waals surface area contributed by atoms with Crippen LogP contribution in [-0.4, -0.2) is 14.5 Å². The molecule has 55 heavy (non-hydrogen) atoms. The number of aromatic nitrogens is 3. The predicted molar refractivity (Wildman–Crippen MR) is 228 cm³/mol. The number of nitrogens with zero attached hydrogens (tertiary/aromatic N) is 3. The SMILES string of the molecule is c1ccc2c(c1)-c1ccccc1C21c2ccccc2-c2c(-c3nc(-n4c5ccccc5c5cc6ccccc6cc54)c4sc5ccccc5c4n3)cccc21. The summed E-state index contributed by atoms with van der Waals surface area (Å²) in [6.07, 6.45) is 0. The van der Waals surface area contributed by atoms with Crippen molar-refractivity contribution in [3.63, 3.8) is 0 Å². The second kappa shape index (κ2) is 10.6. The molecule has 0 saturated heterocycles. The van der Waals surface area contributed by atoms with Gasteiger partial charge in [0.2, 0.25) is 0 Å². The zero-order chi connectivity index (χ0) is 35.8. The fourth-order valence-electron chi connectivity index (χ4n) is 10.1. The first kappa shape index (κ1) is 29.6. The molecule has 11 aromatic rings. The molecule has 13 rings (SSSR count). The van der Waals surface area contributed by atoms with Gasteiger partial charge in [0, 0.05) is 26.4 Å². The Labute approximate surface area is 320 Å². The predicted octanol–water partition coefficient (Wildman–Crippen LogP) is 13.1. The molecule has 0 aliphatic heterocycles. The summed E-state index contributed by atoms with van der Waals surface area (Å²) < 4.78 is 4.68. The molecule has 0 amide bonds. The molecule has 0 radical (unpaired) electrons. The first-order valence-corrected chi connectivity index (χ1v) is 19.7. The van der Waals surface area contributed by atoms with Gasteiger partial charge < -0.3 is 0 Å². The molecule has 1 spiro atoms. The van der Waals surface area contributed by atoms with Crippen molar-refractivity contribution in [3.8, 4) is 39.5 Å². The third-order valence-electron chi connectivity index (χ3n) is 12.2. The fourth-order valence-corrected chi connectivity index (χ4v) is 11.2. The maximum absolute atomic E-state index is 5.71. The number of thiophene rings is 1. The highest BCUT2D eigenvalue weighted by Crippen LogP contribution is 2.63. The van der Waals surface area contributed by atoms with Gasteiger partial charge in [-0.15, -0.1) is 11.3 Å². The number of hydrogen-bond donors (Lipinski definition) is 0. The summed E-state index contributed by atoms with van der Waals surface area (Å²) >= 11 is 1.78. The van der Waals surface area contributed by atoms with Crippen molar-refractivity contribution in [1.29, 1.82) is 0 Å². The van der Waals surface area contributed by atoms with Crippen LogP contribution >= 0.6 is 11.3 Å². The van der Waals surface area contributed by atoms with Crippen LogP contribution in [-0.2, 0) is 5.41 Å². The van der Waals surface area contributed by atoms with Gasteiger partial charge in [-0.3, -0.25) is 4.57 Å². The summed E-state index contributed by atoms with van der Waals surface area (Å²) in [5, 5.41) is 6.03. The van der Waals surface area contributed by atoms with Crippen LogP contribution in [0, 0.1) is 0 Å². The highest BCUT2D eigenvalue weighted by molar-refractivity contribution is 7.26. The molecule has 0 atom stereocenters. The van der Waals surface area contributed by atoms with Gasteiger partial charge in [0.15, 0.2) is 11.6 Å². The number of para-hydroxylation sites is 1. The van der Waals surface area contributed by atoms with Gasteiger partial charge in [-0.25, -0.2) is 9.97 Å². The van der Waals surface area contributed by atoms with Crippen LogP contribution in [0.1, 0.15) is 22.3 Å². The van der Waals surface area contributed by atoms with E-state index in [0.717, 1.165) is 43.8 Å². The summed E-state index contributed by atoms with van der Waals surface area (Å²) in [5.74, 6) is 1.65. The van der Waals surface area contributed by atoms with Crippen LogP contribution in [0.5, 0.6) is 0 Å². The summed E-state index contributed by atoms with van der Waals surface area (Å²) in [5.41, 5.74) is 14.2. The monoisotopic (exact) mass is 715 g/mol. The number of benzene rings is 8. The lowest BCUT2D eigenvalue weighted by atomic mass is 9.70.